The number of carboxylic acid groups (broad SMARTS) is 1. The minimum Gasteiger partial charge on any atom is -0.465 e. The van der Waals surface area contributed by atoms with Crippen LogP contribution in [0.25, 0.3) is 5.69 Å². The molecule has 3 aromatic heterocycles. The number of hydrogen-bond donors (Lipinski definition) is 4. The lowest BCUT2D eigenvalue weighted by atomic mass is 9.87. The maximum Gasteiger partial charge on any atom is 0.404 e. The average molecular weight is 487 g/mol. The van der Waals surface area contributed by atoms with Crippen molar-refractivity contribution in [1.82, 2.24) is 30.3 Å². The SMILES string of the molecule is Cc1ncc(Nc2nc(NC3CCC(F)(F)CC3NC(=O)O)c(F)cc2C#N)cc1-n1nccn1. The van der Waals surface area contributed by atoms with Crippen LogP contribution in [0.15, 0.2) is 30.7 Å². The van der Waals surface area contributed by atoms with E-state index in [1.165, 1.54) is 23.4 Å². The molecule has 0 bridgehead atoms. The van der Waals surface area contributed by atoms with Gasteiger partial charge < -0.3 is 21.1 Å². The van der Waals surface area contributed by atoms with E-state index in [4.69, 9.17) is 5.11 Å². The summed E-state index contributed by atoms with van der Waals surface area (Å²) in [4.78, 5) is 20.9. The number of aromatic nitrogens is 5. The van der Waals surface area contributed by atoms with Gasteiger partial charge in [0.05, 0.1) is 41.6 Å². The van der Waals surface area contributed by atoms with Crippen molar-refractivity contribution in [1.29, 1.82) is 5.26 Å². The first kappa shape index (κ1) is 23.7. The molecule has 1 fully saturated rings. The van der Waals surface area contributed by atoms with Gasteiger partial charge in [-0.25, -0.2) is 22.9 Å². The Morgan fingerprint density at radius 2 is 2.00 bits per heavy atom. The molecule has 1 aliphatic carbocycles. The molecule has 0 aromatic carbocycles. The zero-order chi connectivity index (χ0) is 25.2. The van der Waals surface area contributed by atoms with E-state index in [1.54, 1.807) is 13.0 Å². The molecular weight excluding hydrogens is 467 g/mol. The monoisotopic (exact) mass is 487 g/mol. The predicted octanol–water partition coefficient (Wildman–Crippen LogP) is 3.36. The Morgan fingerprint density at radius 3 is 2.69 bits per heavy atom. The van der Waals surface area contributed by atoms with Crippen LogP contribution in [-0.4, -0.2) is 54.2 Å². The molecule has 11 nitrogen and oxygen atoms in total. The number of anilines is 3. The second-order valence-corrected chi connectivity index (χ2v) is 8.00. The Balaban J connectivity index is 1.62. The van der Waals surface area contributed by atoms with Crippen LogP contribution in [-0.2, 0) is 0 Å². The Labute approximate surface area is 197 Å². The van der Waals surface area contributed by atoms with E-state index in [1.807, 2.05) is 6.07 Å². The highest BCUT2D eigenvalue weighted by Gasteiger charge is 2.42. The van der Waals surface area contributed by atoms with Crippen LogP contribution in [0.5, 0.6) is 0 Å². The number of amides is 1. The van der Waals surface area contributed by atoms with Crippen molar-refractivity contribution in [2.24, 2.45) is 0 Å². The summed E-state index contributed by atoms with van der Waals surface area (Å²) < 4.78 is 42.4. The quantitative estimate of drug-likeness (QED) is 0.410. The Hall–Kier alpha value is -4.41. The van der Waals surface area contributed by atoms with E-state index in [0.717, 1.165) is 6.07 Å². The van der Waals surface area contributed by atoms with Crippen molar-refractivity contribution >= 4 is 23.4 Å². The summed E-state index contributed by atoms with van der Waals surface area (Å²) in [5.41, 5.74) is 1.49. The van der Waals surface area contributed by atoms with Crippen molar-refractivity contribution in [3.63, 3.8) is 0 Å². The molecule has 0 spiro atoms. The standard InChI is InChI=1S/C21H20F3N9O2/c1-11-17(33-27-4-5-28-33)7-13(10-26-11)29-18-12(9-25)6-14(22)19(32-18)30-15-2-3-21(23,24)8-16(15)31-20(34)35/h4-7,10,15-16,31H,2-3,8H2,1H3,(H,34,35)(H2,29,30,32). The average Bonchev–Trinajstić information content (AvgIpc) is 3.32. The number of carbonyl (C=O) groups is 1. The first-order valence-corrected chi connectivity index (χ1v) is 10.5. The summed E-state index contributed by atoms with van der Waals surface area (Å²) in [6.45, 7) is 1.76. The molecule has 1 aliphatic rings. The van der Waals surface area contributed by atoms with Crippen LogP contribution in [0.3, 0.4) is 0 Å². The second kappa shape index (κ2) is 9.45. The smallest absolute Gasteiger partial charge is 0.404 e. The molecule has 14 heteroatoms. The van der Waals surface area contributed by atoms with Crippen molar-refractivity contribution in [3.05, 3.63) is 47.8 Å². The third-order valence-corrected chi connectivity index (χ3v) is 5.51. The third-order valence-electron chi connectivity index (χ3n) is 5.51. The van der Waals surface area contributed by atoms with Crippen molar-refractivity contribution < 1.29 is 23.1 Å². The van der Waals surface area contributed by atoms with Gasteiger partial charge in [0.2, 0.25) is 5.92 Å². The first-order valence-electron chi connectivity index (χ1n) is 10.5. The van der Waals surface area contributed by atoms with Gasteiger partial charge in [-0.05, 0) is 25.5 Å². The number of rotatable bonds is 6. The number of nitrogens with one attached hydrogen (secondary N) is 3. The van der Waals surface area contributed by atoms with Gasteiger partial charge >= 0.3 is 6.09 Å². The molecule has 35 heavy (non-hydrogen) atoms. The van der Waals surface area contributed by atoms with Crippen LogP contribution >= 0.6 is 0 Å². The summed E-state index contributed by atoms with van der Waals surface area (Å²) in [6, 6.07) is 2.46. The first-order chi connectivity index (χ1) is 16.6. The molecule has 0 radical (unpaired) electrons. The van der Waals surface area contributed by atoms with Crippen LogP contribution in [0.4, 0.5) is 35.3 Å². The van der Waals surface area contributed by atoms with E-state index in [-0.39, 0.29) is 23.6 Å². The van der Waals surface area contributed by atoms with Gasteiger partial charge in [0.15, 0.2) is 17.5 Å². The molecule has 2 atom stereocenters. The Kier molecular flexibility index (Phi) is 6.41. The van der Waals surface area contributed by atoms with Crippen molar-refractivity contribution in [2.45, 2.75) is 44.2 Å². The summed E-state index contributed by atoms with van der Waals surface area (Å²) >= 11 is 0. The van der Waals surface area contributed by atoms with Crippen molar-refractivity contribution in [2.75, 3.05) is 10.6 Å². The van der Waals surface area contributed by atoms with Crippen LogP contribution in [0.1, 0.15) is 30.5 Å². The third kappa shape index (κ3) is 5.40. The summed E-state index contributed by atoms with van der Waals surface area (Å²) in [6.07, 6.45) is 1.66. The van der Waals surface area contributed by atoms with E-state index >= 15 is 0 Å². The minimum atomic E-state index is -3.05. The van der Waals surface area contributed by atoms with E-state index < -0.39 is 42.8 Å². The molecule has 1 amide bonds. The molecule has 1 saturated carbocycles. The highest BCUT2D eigenvalue weighted by atomic mass is 19.3. The predicted molar refractivity (Wildman–Crippen MR) is 117 cm³/mol. The molecule has 3 aromatic rings. The number of nitriles is 1. The van der Waals surface area contributed by atoms with Crippen LogP contribution in [0, 0.1) is 24.1 Å². The number of alkyl halides is 2. The number of nitrogens with zero attached hydrogens (tertiary/aromatic N) is 6. The Bertz CT molecular complexity index is 1280. The Morgan fingerprint density at radius 1 is 1.26 bits per heavy atom. The zero-order valence-electron chi connectivity index (χ0n) is 18.3. The summed E-state index contributed by atoms with van der Waals surface area (Å²) in [7, 11) is 0. The van der Waals surface area contributed by atoms with Gasteiger partial charge in [0, 0.05) is 18.9 Å². The maximum atomic E-state index is 14.7. The molecule has 4 rings (SSSR count). The van der Waals surface area contributed by atoms with E-state index in [9.17, 15) is 23.2 Å². The van der Waals surface area contributed by atoms with Gasteiger partial charge in [-0.15, -0.1) is 4.80 Å². The van der Waals surface area contributed by atoms with Crippen molar-refractivity contribution in [3.8, 4) is 11.8 Å². The van der Waals surface area contributed by atoms with Crippen LogP contribution < -0.4 is 16.0 Å². The van der Waals surface area contributed by atoms with Gasteiger partial charge in [-0.2, -0.15) is 15.5 Å². The highest BCUT2D eigenvalue weighted by molar-refractivity contribution is 5.67. The normalized spacial score (nSPS) is 18.9. The number of pyridine rings is 2. The topological polar surface area (TPSA) is 154 Å². The zero-order valence-corrected chi connectivity index (χ0v) is 18.3. The summed E-state index contributed by atoms with van der Waals surface area (Å²) in [5.74, 6) is -4.26. The lowest BCUT2D eigenvalue weighted by Crippen LogP contribution is -2.52. The largest absolute Gasteiger partial charge is 0.465 e. The maximum absolute atomic E-state index is 14.7. The lowest BCUT2D eigenvalue weighted by Gasteiger charge is -2.36. The second-order valence-electron chi connectivity index (χ2n) is 8.00. The molecule has 2 unspecified atom stereocenters. The fourth-order valence-corrected chi connectivity index (χ4v) is 3.83. The molecule has 0 saturated heterocycles. The number of aryl methyl sites for hydroxylation is 1. The van der Waals surface area contributed by atoms with Gasteiger partial charge in [0.1, 0.15) is 11.8 Å². The minimum absolute atomic E-state index is 0.00897. The highest BCUT2D eigenvalue weighted by Crippen LogP contribution is 2.35. The van der Waals surface area contributed by atoms with Crippen LogP contribution in [0.2, 0.25) is 0 Å². The molecule has 4 N–H and O–H groups in total. The lowest BCUT2D eigenvalue weighted by molar-refractivity contribution is -0.0459. The van der Waals surface area contributed by atoms with E-state index in [2.05, 4.69) is 36.1 Å². The van der Waals surface area contributed by atoms with E-state index in [0.29, 0.717) is 17.1 Å². The number of halogens is 3. The fraction of sp³-hybridized carbons (Fsp3) is 0.333. The molecule has 3 heterocycles. The molecular formula is C21H20F3N9O2. The fourth-order valence-electron chi connectivity index (χ4n) is 3.83. The molecule has 182 valence electrons. The number of hydrogen-bond acceptors (Lipinski definition) is 8. The van der Waals surface area contributed by atoms with Gasteiger partial charge in [-0.1, -0.05) is 0 Å². The van der Waals surface area contributed by atoms with Gasteiger partial charge in [0.25, 0.3) is 0 Å². The molecule has 0 aliphatic heterocycles. The summed E-state index contributed by atoms with van der Waals surface area (Å²) in [5, 5.41) is 34.3. The van der Waals surface area contributed by atoms with Gasteiger partial charge in [-0.3, -0.25) is 4.98 Å².